The van der Waals surface area contributed by atoms with Crippen molar-refractivity contribution in [1.82, 2.24) is 4.98 Å². The molecular formula is C9H4Br3NS. The summed E-state index contributed by atoms with van der Waals surface area (Å²) in [7, 11) is 0. The Balaban J connectivity index is 2.62. The number of hydrogen-bond acceptors (Lipinski definition) is 2. The van der Waals surface area contributed by atoms with Crippen LogP contribution in [0.5, 0.6) is 0 Å². The first-order valence-corrected chi connectivity index (χ1v) is 6.93. The molecule has 5 heteroatoms. The third-order valence-corrected chi connectivity index (χ3v) is 5.84. The lowest BCUT2D eigenvalue weighted by Gasteiger charge is -1.99. The fourth-order valence-corrected chi connectivity index (χ4v) is 5.10. The van der Waals surface area contributed by atoms with Gasteiger partial charge in [-0.15, -0.1) is 11.3 Å². The van der Waals surface area contributed by atoms with E-state index in [4.69, 9.17) is 0 Å². The molecule has 14 heavy (non-hydrogen) atoms. The predicted molar refractivity (Wildman–Crippen MR) is 70.7 cm³/mol. The highest BCUT2D eigenvalue weighted by atomic mass is 79.9. The van der Waals surface area contributed by atoms with Crippen molar-refractivity contribution in [3.8, 4) is 11.1 Å². The van der Waals surface area contributed by atoms with E-state index in [1.54, 1.807) is 17.5 Å². The number of nitrogens with zero attached hydrogens (tertiary/aromatic N) is 1. The molecular weight excluding hydrogens is 394 g/mol. The summed E-state index contributed by atoms with van der Waals surface area (Å²) in [5.74, 6) is 0. The summed E-state index contributed by atoms with van der Waals surface area (Å²) in [6.45, 7) is 0. The Labute approximate surface area is 111 Å². The molecule has 0 aromatic carbocycles. The Kier molecular flexibility index (Phi) is 3.42. The van der Waals surface area contributed by atoms with Crippen LogP contribution in [0.25, 0.3) is 11.1 Å². The summed E-state index contributed by atoms with van der Waals surface area (Å²) >= 11 is 12.2. The standard InChI is InChI=1S/C9H4Br3NS/c10-7-6(8(11)14-9(7)12)5-2-1-3-13-4-5/h1-4H. The van der Waals surface area contributed by atoms with Crippen LogP contribution < -0.4 is 0 Å². The molecule has 0 atom stereocenters. The molecule has 0 radical (unpaired) electrons. The zero-order valence-electron chi connectivity index (χ0n) is 6.80. The summed E-state index contributed by atoms with van der Waals surface area (Å²) in [5.41, 5.74) is 2.25. The molecule has 0 aliphatic carbocycles. The largest absolute Gasteiger partial charge is 0.264 e. The monoisotopic (exact) mass is 395 g/mol. The fraction of sp³-hybridized carbons (Fsp3) is 0. The van der Waals surface area contributed by atoms with E-state index in [1.165, 1.54) is 0 Å². The minimum Gasteiger partial charge on any atom is -0.264 e. The second-order valence-corrected chi connectivity index (χ2v) is 7.03. The molecule has 2 rings (SSSR count). The SMILES string of the molecule is Brc1sc(Br)c(-c2cccnc2)c1Br. The minimum atomic E-state index is 1.07. The van der Waals surface area contributed by atoms with Gasteiger partial charge in [-0.1, -0.05) is 6.07 Å². The zero-order chi connectivity index (χ0) is 10.1. The van der Waals surface area contributed by atoms with Crippen molar-refractivity contribution in [2.75, 3.05) is 0 Å². The number of pyridine rings is 1. The van der Waals surface area contributed by atoms with E-state index >= 15 is 0 Å². The molecule has 0 saturated carbocycles. The molecule has 0 aliphatic heterocycles. The van der Waals surface area contributed by atoms with E-state index in [0.717, 1.165) is 23.2 Å². The maximum absolute atomic E-state index is 4.10. The van der Waals surface area contributed by atoms with Gasteiger partial charge in [-0.2, -0.15) is 0 Å². The molecule has 0 spiro atoms. The summed E-state index contributed by atoms with van der Waals surface area (Å²) in [6, 6.07) is 3.97. The Morgan fingerprint density at radius 2 is 1.93 bits per heavy atom. The number of rotatable bonds is 1. The van der Waals surface area contributed by atoms with E-state index < -0.39 is 0 Å². The van der Waals surface area contributed by atoms with Crippen LogP contribution in [0.4, 0.5) is 0 Å². The third-order valence-electron chi connectivity index (χ3n) is 1.72. The molecule has 0 unspecified atom stereocenters. The first kappa shape index (κ1) is 10.8. The highest BCUT2D eigenvalue weighted by Crippen LogP contribution is 2.45. The Bertz CT molecular complexity index is 453. The van der Waals surface area contributed by atoms with Crippen LogP contribution in [0, 0.1) is 0 Å². The minimum absolute atomic E-state index is 1.07. The molecule has 0 bridgehead atoms. The fourth-order valence-electron chi connectivity index (χ4n) is 1.11. The Morgan fingerprint density at radius 1 is 1.14 bits per heavy atom. The van der Waals surface area contributed by atoms with Gasteiger partial charge in [-0.3, -0.25) is 4.98 Å². The van der Waals surface area contributed by atoms with Crippen LogP contribution in [0.3, 0.4) is 0 Å². The lowest BCUT2D eigenvalue weighted by Crippen LogP contribution is -1.77. The van der Waals surface area contributed by atoms with Gasteiger partial charge in [0.25, 0.3) is 0 Å². The van der Waals surface area contributed by atoms with Crippen molar-refractivity contribution in [3.05, 3.63) is 36.6 Å². The number of thiophene rings is 1. The maximum atomic E-state index is 4.10. The molecule has 0 fully saturated rings. The molecule has 0 saturated heterocycles. The van der Waals surface area contributed by atoms with Gasteiger partial charge < -0.3 is 0 Å². The van der Waals surface area contributed by atoms with Crippen LogP contribution in [-0.4, -0.2) is 4.98 Å². The van der Waals surface area contributed by atoms with Gasteiger partial charge in [0.15, 0.2) is 0 Å². The van der Waals surface area contributed by atoms with Gasteiger partial charge in [0.05, 0.1) is 12.0 Å². The molecule has 0 aliphatic rings. The smallest absolute Gasteiger partial charge is 0.0858 e. The van der Waals surface area contributed by atoms with Crippen molar-refractivity contribution in [1.29, 1.82) is 0 Å². The van der Waals surface area contributed by atoms with Gasteiger partial charge in [0, 0.05) is 23.5 Å². The topological polar surface area (TPSA) is 12.9 Å². The number of aromatic nitrogens is 1. The Morgan fingerprint density at radius 3 is 2.43 bits per heavy atom. The van der Waals surface area contributed by atoms with Crippen LogP contribution in [0.1, 0.15) is 0 Å². The second-order valence-electron chi connectivity index (χ2n) is 2.58. The first-order valence-electron chi connectivity index (χ1n) is 3.74. The van der Waals surface area contributed by atoms with Gasteiger partial charge in [-0.25, -0.2) is 0 Å². The molecule has 1 nitrogen and oxygen atoms in total. The quantitative estimate of drug-likeness (QED) is 0.652. The van der Waals surface area contributed by atoms with Gasteiger partial charge >= 0.3 is 0 Å². The van der Waals surface area contributed by atoms with E-state index in [0.29, 0.717) is 0 Å². The summed E-state index contributed by atoms with van der Waals surface area (Å²) in [4.78, 5) is 4.10. The average molecular weight is 398 g/mol. The van der Waals surface area contributed by atoms with Crippen LogP contribution in [-0.2, 0) is 0 Å². The van der Waals surface area contributed by atoms with Crippen molar-refractivity contribution in [2.45, 2.75) is 0 Å². The lowest BCUT2D eigenvalue weighted by atomic mass is 10.2. The van der Waals surface area contributed by atoms with Crippen LogP contribution >= 0.6 is 59.1 Å². The van der Waals surface area contributed by atoms with Gasteiger partial charge in [0.2, 0.25) is 0 Å². The average Bonchev–Trinajstić information content (AvgIpc) is 2.43. The summed E-state index contributed by atoms with van der Waals surface area (Å²) in [6.07, 6.45) is 3.62. The highest BCUT2D eigenvalue weighted by Gasteiger charge is 2.14. The lowest BCUT2D eigenvalue weighted by molar-refractivity contribution is 1.33. The number of halogens is 3. The Hall–Kier alpha value is 0.290. The molecule has 72 valence electrons. The summed E-state index contributed by atoms with van der Waals surface area (Å²) < 4.78 is 3.26. The second kappa shape index (κ2) is 4.43. The van der Waals surface area contributed by atoms with Crippen molar-refractivity contribution in [3.63, 3.8) is 0 Å². The first-order chi connectivity index (χ1) is 6.70. The van der Waals surface area contributed by atoms with E-state index in [-0.39, 0.29) is 0 Å². The van der Waals surface area contributed by atoms with Crippen LogP contribution in [0.2, 0.25) is 0 Å². The molecule has 2 aromatic heterocycles. The summed E-state index contributed by atoms with van der Waals surface area (Å²) in [5, 5.41) is 0. The van der Waals surface area contributed by atoms with Crippen molar-refractivity contribution in [2.24, 2.45) is 0 Å². The van der Waals surface area contributed by atoms with E-state index in [2.05, 4.69) is 52.8 Å². The highest BCUT2D eigenvalue weighted by molar-refractivity contribution is 9.14. The van der Waals surface area contributed by atoms with Gasteiger partial charge in [0.1, 0.15) is 0 Å². The van der Waals surface area contributed by atoms with Crippen molar-refractivity contribution < 1.29 is 0 Å². The predicted octanol–water partition coefficient (Wildman–Crippen LogP) is 5.10. The normalized spacial score (nSPS) is 10.5. The van der Waals surface area contributed by atoms with Crippen LogP contribution in [0.15, 0.2) is 36.6 Å². The van der Waals surface area contributed by atoms with Gasteiger partial charge in [-0.05, 0) is 53.9 Å². The molecule has 0 N–H and O–H groups in total. The third kappa shape index (κ3) is 1.96. The molecule has 0 amide bonds. The van der Waals surface area contributed by atoms with E-state index in [9.17, 15) is 0 Å². The zero-order valence-corrected chi connectivity index (χ0v) is 12.4. The van der Waals surface area contributed by atoms with E-state index in [1.807, 2.05) is 18.3 Å². The number of hydrogen-bond donors (Lipinski definition) is 0. The molecule has 2 aromatic rings. The molecule has 2 heterocycles. The maximum Gasteiger partial charge on any atom is 0.0858 e. The van der Waals surface area contributed by atoms with Crippen molar-refractivity contribution >= 4 is 59.1 Å².